The van der Waals surface area contributed by atoms with Gasteiger partial charge in [0.25, 0.3) is 0 Å². The average Bonchev–Trinajstić information content (AvgIpc) is 3.68. The summed E-state index contributed by atoms with van der Waals surface area (Å²) in [5, 5.41) is 26.8. The van der Waals surface area contributed by atoms with Crippen LogP contribution in [0.2, 0.25) is 5.28 Å². The third-order valence-corrected chi connectivity index (χ3v) is 9.34. The van der Waals surface area contributed by atoms with Gasteiger partial charge >= 0.3 is 19.5 Å². The standard InChI is InChI=1S/C29H44ClN4O11P/c1-28(2,3)25(37)41-14-43-46(39,44-15-42-26(38)29(4,5)6)16-40-13-20-21(35)22(36)24(45-20)34-23-18(12-31-34)19(32-27(30)33-23)11-17-9-7-8-10-17/h12,17,20-22,24,35-36H,7-11,13-16H2,1-6H3/t20-,21-,22-,24-/m1/s1. The molecule has 0 amide bonds. The fourth-order valence-corrected chi connectivity index (χ4v) is 6.16. The summed E-state index contributed by atoms with van der Waals surface area (Å²) in [4.78, 5) is 33.0. The maximum absolute atomic E-state index is 13.4. The van der Waals surface area contributed by atoms with Gasteiger partial charge in [-0.2, -0.15) is 10.1 Å². The fraction of sp³-hybridized carbons (Fsp3) is 0.759. The monoisotopic (exact) mass is 690 g/mol. The Morgan fingerprint density at radius 2 is 1.59 bits per heavy atom. The molecule has 2 aromatic rings. The summed E-state index contributed by atoms with van der Waals surface area (Å²) in [5.41, 5.74) is -0.561. The molecule has 1 saturated carbocycles. The smallest absolute Gasteiger partial charge is 0.361 e. The summed E-state index contributed by atoms with van der Waals surface area (Å²) in [5.74, 6) is -0.718. The molecule has 17 heteroatoms. The van der Waals surface area contributed by atoms with Crippen LogP contribution in [0.3, 0.4) is 0 Å². The van der Waals surface area contributed by atoms with Crippen LogP contribution in [0.5, 0.6) is 0 Å². The number of hydrogen-bond acceptors (Lipinski definition) is 14. The lowest BCUT2D eigenvalue weighted by Crippen LogP contribution is -2.34. The maximum Gasteiger partial charge on any atom is 0.361 e. The van der Waals surface area contributed by atoms with Crippen molar-refractivity contribution in [3.05, 3.63) is 17.2 Å². The summed E-state index contributed by atoms with van der Waals surface area (Å²) in [7, 11) is -4.17. The van der Waals surface area contributed by atoms with Gasteiger partial charge in [0.1, 0.15) is 24.7 Å². The predicted molar refractivity (Wildman–Crippen MR) is 163 cm³/mol. The molecule has 15 nitrogen and oxygen atoms in total. The largest absolute Gasteiger partial charge is 0.438 e. The Morgan fingerprint density at radius 3 is 2.15 bits per heavy atom. The van der Waals surface area contributed by atoms with E-state index in [9.17, 15) is 24.4 Å². The normalized spacial score (nSPS) is 22.9. The zero-order valence-corrected chi connectivity index (χ0v) is 28.7. The molecule has 0 unspecified atom stereocenters. The highest BCUT2D eigenvalue weighted by Gasteiger charge is 2.45. The molecule has 1 saturated heterocycles. The third-order valence-electron chi connectivity index (χ3n) is 7.68. The van der Waals surface area contributed by atoms with Gasteiger partial charge in [0, 0.05) is 0 Å². The lowest BCUT2D eigenvalue weighted by atomic mass is 9.98. The first-order valence-electron chi connectivity index (χ1n) is 15.2. The maximum atomic E-state index is 13.4. The first kappa shape index (κ1) is 36.6. The molecule has 0 aromatic carbocycles. The van der Waals surface area contributed by atoms with Crippen LogP contribution in [0.15, 0.2) is 6.20 Å². The van der Waals surface area contributed by atoms with E-state index in [-0.39, 0.29) is 11.9 Å². The number of nitrogens with zero attached hydrogens (tertiary/aromatic N) is 4. The Morgan fingerprint density at radius 1 is 1.00 bits per heavy atom. The number of esters is 2. The number of carbonyl (C=O) groups is 2. The molecule has 0 spiro atoms. The Bertz CT molecular complexity index is 1380. The summed E-state index contributed by atoms with van der Waals surface area (Å²) in [6.07, 6.45) is 1.16. The molecule has 0 bridgehead atoms. The van der Waals surface area contributed by atoms with Gasteiger partial charge in [0.15, 0.2) is 11.9 Å². The van der Waals surface area contributed by atoms with E-state index in [2.05, 4.69) is 15.1 Å². The number of aliphatic hydroxyl groups is 2. The Labute approximate surface area is 272 Å². The quantitative estimate of drug-likeness (QED) is 0.132. The van der Waals surface area contributed by atoms with E-state index in [0.717, 1.165) is 25.0 Å². The Kier molecular flexibility index (Phi) is 11.9. The highest BCUT2D eigenvalue weighted by molar-refractivity contribution is 7.53. The number of fused-ring (bicyclic) bond motifs is 1. The minimum Gasteiger partial charge on any atom is -0.438 e. The van der Waals surface area contributed by atoms with Crippen molar-refractivity contribution < 1.29 is 52.4 Å². The first-order valence-corrected chi connectivity index (χ1v) is 17.3. The highest BCUT2D eigenvalue weighted by Crippen LogP contribution is 2.48. The molecule has 0 radical (unpaired) electrons. The molecule has 1 aliphatic heterocycles. The van der Waals surface area contributed by atoms with E-state index >= 15 is 0 Å². The van der Waals surface area contributed by atoms with Crippen molar-refractivity contribution in [3.63, 3.8) is 0 Å². The number of aliphatic hydroxyl groups excluding tert-OH is 2. The summed E-state index contributed by atoms with van der Waals surface area (Å²) in [6, 6.07) is 0. The Balaban J connectivity index is 1.40. The van der Waals surface area contributed by atoms with E-state index in [1.54, 1.807) is 47.7 Å². The van der Waals surface area contributed by atoms with Crippen LogP contribution in [-0.2, 0) is 48.6 Å². The fourth-order valence-electron chi connectivity index (χ4n) is 5.00. The molecule has 2 fully saturated rings. The topological polar surface area (TPSA) is 191 Å². The van der Waals surface area contributed by atoms with Gasteiger partial charge in [-0.25, -0.2) is 9.67 Å². The van der Waals surface area contributed by atoms with Crippen LogP contribution in [-0.4, -0.2) is 86.8 Å². The molecule has 4 rings (SSSR count). The number of carbonyl (C=O) groups excluding carboxylic acids is 2. The molecular formula is C29H44ClN4O11P. The van der Waals surface area contributed by atoms with Gasteiger partial charge in [-0.05, 0) is 65.5 Å². The van der Waals surface area contributed by atoms with Crippen LogP contribution < -0.4 is 0 Å². The van der Waals surface area contributed by atoms with Crippen molar-refractivity contribution >= 4 is 42.2 Å². The second-order valence-electron chi connectivity index (χ2n) is 13.6. The van der Waals surface area contributed by atoms with Crippen molar-refractivity contribution in [2.24, 2.45) is 16.7 Å². The summed E-state index contributed by atoms with van der Waals surface area (Å²) in [6.45, 7) is 8.04. The third kappa shape index (κ3) is 9.22. The van der Waals surface area contributed by atoms with Gasteiger partial charge in [-0.15, -0.1) is 0 Å². The van der Waals surface area contributed by atoms with Crippen molar-refractivity contribution in [2.75, 3.05) is 26.5 Å². The van der Waals surface area contributed by atoms with Crippen LogP contribution in [0, 0.1) is 16.7 Å². The number of hydrogen-bond donors (Lipinski definition) is 2. The second-order valence-corrected chi connectivity index (χ2v) is 16.0. The predicted octanol–water partition coefficient (Wildman–Crippen LogP) is 4.13. The molecule has 2 aliphatic rings. The molecule has 258 valence electrons. The summed E-state index contributed by atoms with van der Waals surface area (Å²) < 4.78 is 46.8. The van der Waals surface area contributed by atoms with Crippen LogP contribution in [0.1, 0.15) is 79.1 Å². The zero-order valence-electron chi connectivity index (χ0n) is 27.0. The van der Waals surface area contributed by atoms with Crippen molar-refractivity contribution in [3.8, 4) is 0 Å². The van der Waals surface area contributed by atoms with Gasteiger partial charge in [0.05, 0.1) is 34.7 Å². The minimum absolute atomic E-state index is 0.0345. The van der Waals surface area contributed by atoms with Crippen molar-refractivity contribution in [1.82, 2.24) is 19.7 Å². The van der Waals surface area contributed by atoms with Gasteiger partial charge in [-0.3, -0.25) is 23.2 Å². The van der Waals surface area contributed by atoms with E-state index in [0.29, 0.717) is 17.0 Å². The minimum atomic E-state index is -4.17. The molecule has 3 heterocycles. The number of halogens is 1. The van der Waals surface area contributed by atoms with Gasteiger partial charge < -0.3 is 29.2 Å². The zero-order chi connectivity index (χ0) is 33.9. The molecule has 46 heavy (non-hydrogen) atoms. The molecule has 1 aliphatic carbocycles. The number of rotatable bonds is 13. The molecular weight excluding hydrogens is 647 g/mol. The van der Waals surface area contributed by atoms with Crippen LogP contribution in [0.4, 0.5) is 0 Å². The average molecular weight is 691 g/mol. The number of aromatic nitrogens is 4. The molecule has 2 aromatic heterocycles. The highest BCUT2D eigenvalue weighted by atomic mass is 35.5. The SMILES string of the molecule is CC(C)(C)C(=O)OCOP(=O)(COC[C@H]1O[C@@H](n2ncc3c(CC4CCCC4)nc(Cl)nc32)[C@H](O)[C@@H]1O)OCOC(=O)C(C)(C)C. The first-order chi connectivity index (χ1) is 21.5. The van der Waals surface area contributed by atoms with E-state index < -0.39 is 74.8 Å². The van der Waals surface area contributed by atoms with Crippen LogP contribution in [0.25, 0.3) is 11.0 Å². The van der Waals surface area contributed by atoms with Gasteiger partial charge in [-0.1, -0.05) is 25.7 Å². The van der Waals surface area contributed by atoms with E-state index in [1.807, 2.05) is 0 Å². The van der Waals surface area contributed by atoms with Crippen LogP contribution >= 0.6 is 19.2 Å². The lowest BCUT2D eigenvalue weighted by molar-refractivity contribution is -0.162. The second kappa shape index (κ2) is 14.9. The van der Waals surface area contributed by atoms with Crippen molar-refractivity contribution in [1.29, 1.82) is 0 Å². The Hall–Kier alpha value is -2.23. The van der Waals surface area contributed by atoms with E-state index in [4.69, 9.17) is 39.6 Å². The van der Waals surface area contributed by atoms with Crippen molar-refractivity contribution in [2.45, 2.75) is 98.2 Å². The molecule has 4 atom stereocenters. The van der Waals surface area contributed by atoms with Gasteiger partial charge in [0.2, 0.25) is 18.9 Å². The molecule has 2 N–H and O–H groups in total. The number of ether oxygens (including phenoxy) is 4. The lowest BCUT2D eigenvalue weighted by Gasteiger charge is -2.22. The van der Waals surface area contributed by atoms with E-state index in [1.165, 1.54) is 17.5 Å². The summed E-state index contributed by atoms with van der Waals surface area (Å²) >= 11 is 6.26.